The summed E-state index contributed by atoms with van der Waals surface area (Å²) < 4.78 is 20.5. The highest BCUT2D eigenvalue weighted by Crippen LogP contribution is 2.25. The number of H-pyrrole nitrogens is 1. The first-order valence-electron chi connectivity index (χ1n) is 11.2. The average molecular weight is 439 g/mol. The van der Waals surface area contributed by atoms with Crippen molar-refractivity contribution in [2.75, 3.05) is 24.5 Å². The molecule has 32 heavy (non-hydrogen) atoms. The van der Waals surface area contributed by atoms with E-state index in [4.69, 9.17) is 4.74 Å². The maximum Gasteiger partial charge on any atom is 0.315 e. The lowest BCUT2D eigenvalue weighted by molar-refractivity contribution is -0.00539. The molecule has 6 nitrogen and oxygen atoms in total. The zero-order valence-corrected chi connectivity index (χ0v) is 18.9. The number of amides is 2. The molecule has 1 fully saturated rings. The zero-order valence-electron chi connectivity index (χ0n) is 18.9. The Morgan fingerprint density at radius 3 is 2.66 bits per heavy atom. The summed E-state index contributed by atoms with van der Waals surface area (Å²) in [6.07, 6.45) is 0.871. The number of hydrogen-bond donors (Lipinski definition) is 3. The van der Waals surface area contributed by atoms with Crippen molar-refractivity contribution in [1.29, 1.82) is 0 Å². The van der Waals surface area contributed by atoms with E-state index in [2.05, 4.69) is 27.8 Å². The van der Waals surface area contributed by atoms with Crippen molar-refractivity contribution >= 4 is 22.6 Å². The first kappa shape index (κ1) is 22.1. The van der Waals surface area contributed by atoms with Crippen molar-refractivity contribution in [2.45, 2.75) is 45.9 Å². The minimum Gasteiger partial charge on any atom is -0.372 e. The summed E-state index contributed by atoms with van der Waals surface area (Å²) in [5.74, 6) is -0.277. The molecule has 0 bridgehead atoms. The fraction of sp³-hybridized carbons (Fsp3) is 0.400. The van der Waals surface area contributed by atoms with Crippen LogP contribution in [0.15, 0.2) is 42.5 Å². The van der Waals surface area contributed by atoms with Gasteiger partial charge >= 0.3 is 6.03 Å². The monoisotopic (exact) mass is 438 g/mol. The van der Waals surface area contributed by atoms with Crippen molar-refractivity contribution in [3.8, 4) is 0 Å². The topological polar surface area (TPSA) is 69.4 Å². The predicted octanol–water partition coefficient (Wildman–Crippen LogP) is 4.27. The molecule has 3 aromatic rings. The minimum atomic E-state index is -0.277. The number of aromatic nitrogens is 1. The van der Waals surface area contributed by atoms with Crippen molar-refractivity contribution < 1.29 is 13.9 Å². The number of nitrogens with zero attached hydrogens (tertiary/aromatic N) is 1. The van der Waals surface area contributed by atoms with Crippen molar-refractivity contribution in [3.63, 3.8) is 0 Å². The number of benzene rings is 2. The number of carbonyl (C=O) groups is 1. The molecule has 1 saturated heterocycles. The van der Waals surface area contributed by atoms with Crippen molar-refractivity contribution in [2.24, 2.45) is 0 Å². The van der Waals surface area contributed by atoms with Gasteiger partial charge in [-0.05, 0) is 56.5 Å². The molecule has 0 saturated carbocycles. The number of urea groups is 1. The van der Waals surface area contributed by atoms with E-state index in [1.54, 1.807) is 6.07 Å². The van der Waals surface area contributed by atoms with Gasteiger partial charge in [0, 0.05) is 42.8 Å². The highest BCUT2D eigenvalue weighted by Gasteiger charge is 2.24. The van der Waals surface area contributed by atoms with Gasteiger partial charge < -0.3 is 25.3 Å². The van der Waals surface area contributed by atoms with Crippen LogP contribution in [-0.4, -0.2) is 42.9 Å². The summed E-state index contributed by atoms with van der Waals surface area (Å²) in [7, 11) is 0. The Morgan fingerprint density at radius 1 is 1.16 bits per heavy atom. The number of morpholine rings is 1. The molecule has 0 radical (unpaired) electrons. The molecule has 1 aliphatic rings. The summed E-state index contributed by atoms with van der Waals surface area (Å²) in [6.45, 7) is 8.16. The van der Waals surface area contributed by atoms with E-state index >= 15 is 0 Å². The first-order valence-corrected chi connectivity index (χ1v) is 11.2. The molecule has 2 unspecified atom stereocenters. The van der Waals surface area contributed by atoms with Crippen LogP contribution in [0.4, 0.5) is 14.9 Å². The Labute approximate surface area is 188 Å². The number of halogens is 1. The molecular weight excluding hydrogens is 407 g/mol. The second-order valence-corrected chi connectivity index (χ2v) is 8.58. The largest absolute Gasteiger partial charge is 0.372 e. The molecule has 3 N–H and O–H groups in total. The number of carbonyl (C=O) groups excluding carboxylic acids is 1. The van der Waals surface area contributed by atoms with E-state index in [9.17, 15) is 9.18 Å². The van der Waals surface area contributed by atoms with E-state index in [-0.39, 0.29) is 30.6 Å². The molecule has 0 spiro atoms. The molecule has 2 aromatic carbocycles. The standard InChI is InChI=1S/C25H31FN4O2/c1-16-14-30(15-17(2)32-16)24-9-8-19(12-22(24)26)13-28-25(31)27-11-10-20-18(3)29-23-7-5-4-6-21(20)23/h4-9,12,16-17,29H,10-11,13-15H2,1-3H3,(H2,27,28,31). The van der Waals surface area contributed by atoms with E-state index in [1.165, 1.54) is 17.0 Å². The normalized spacial score (nSPS) is 18.7. The van der Waals surface area contributed by atoms with Crippen molar-refractivity contribution in [1.82, 2.24) is 15.6 Å². The Kier molecular flexibility index (Phi) is 6.65. The fourth-order valence-electron chi connectivity index (χ4n) is 4.49. The first-order chi connectivity index (χ1) is 15.4. The molecule has 170 valence electrons. The molecule has 1 aromatic heterocycles. The Morgan fingerprint density at radius 2 is 1.91 bits per heavy atom. The van der Waals surface area contributed by atoms with E-state index in [1.807, 2.05) is 43.9 Å². The number of anilines is 1. The highest BCUT2D eigenvalue weighted by molar-refractivity contribution is 5.84. The number of aryl methyl sites for hydroxylation is 1. The third kappa shape index (κ3) is 5.05. The molecule has 1 aliphatic heterocycles. The number of nitrogens with one attached hydrogen (secondary N) is 3. The Bertz CT molecular complexity index is 1090. The average Bonchev–Trinajstić information content (AvgIpc) is 3.07. The third-order valence-electron chi connectivity index (χ3n) is 5.91. The molecular formula is C25H31FN4O2. The zero-order chi connectivity index (χ0) is 22.7. The summed E-state index contributed by atoms with van der Waals surface area (Å²) in [5, 5.41) is 6.89. The number of hydrogen-bond acceptors (Lipinski definition) is 3. The van der Waals surface area contributed by atoms with Crippen LogP contribution in [0.3, 0.4) is 0 Å². The van der Waals surface area contributed by atoms with Crippen LogP contribution in [0.5, 0.6) is 0 Å². The Hall–Kier alpha value is -3.06. The summed E-state index contributed by atoms with van der Waals surface area (Å²) in [5.41, 5.74) is 4.74. The maximum absolute atomic E-state index is 14.7. The number of aromatic amines is 1. The SMILES string of the molecule is Cc1[nH]c2ccccc2c1CCNC(=O)NCc1ccc(N2CC(C)OC(C)C2)c(F)c1. The van der Waals surface area contributed by atoms with Gasteiger partial charge in [0.05, 0.1) is 17.9 Å². The lowest BCUT2D eigenvalue weighted by Gasteiger charge is -2.37. The molecule has 7 heteroatoms. The molecule has 4 rings (SSSR count). The van der Waals surface area contributed by atoms with E-state index in [0.717, 1.165) is 23.2 Å². The summed E-state index contributed by atoms with van der Waals surface area (Å²) in [4.78, 5) is 17.6. The van der Waals surface area contributed by atoms with Gasteiger partial charge in [-0.1, -0.05) is 24.3 Å². The van der Waals surface area contributed by atoms with Gasteiger partial charge in [-0.2, -0.15) is 0 Å². The smallest absolute Gasteiger partial charge is 0.315 e. The minimum absolute atomic E-state index is 0.0660. The Balaban J connectivity index is 1.27. The summed E-state index contributed by atoms with van der Waals surface area (Å²) in [6, 6.07) is 13.0. The van der Waals surface area contributed by atoms with Gasteiger partial charge in [-0.25, -0.2) is 9.18 Å². The second kappa shape index (κ2) is 9.61. The van der Waals surface area contributed by atoms with Crippen molar-refractivity contribution in [3.05, 3.63) is 65.1 Å². The van der Waals surface area contributed by atoms with Gasteiger partial charge in [0.25, 0.3) is 0 Å². The third-order valence-corrected chi connectivity index (χ3v) is 5.91. The van der Waals surface area contributed by atoms with Crippen LogP contribution in [-0.2, 0) is 17.7 Å². The number of para-hydroxylation sites is 1. The van der Waals surface area contributed by atoms with Crippen LogP contribution in [0, 0.1) is 12.7 Å². The van der Waals surface area contributed by atoms with E-state index < -0.39 is 0 Å². The van der Waals surface area contributed by atoms with Crippen LogP contribution >= 0.6 is 0 Å². The quantitative estimate of drug-likeness (QED) is 0.538. The number of rotatable bonds is 6. The predicted molar refractivity (Wildman–Crippen MR) is 126 cm³/mol. The molecule has 2 atom stereocenters. The fourth-order valence-corrected chi connectivity index (χ4v) is 4.49. The van der Waals surface area contributed by atoms with Crippen LogP contribution < -0.4 is 15.5 Å². The van der Waals surface area contributed by atoms with Crippen LogP contribution in [0.25, 0.3) is 10.9 Å². The lowest BCUT2D eigenvalue weighted by atomic mass is 10.1. The van der Waals surface area contributed by atoms with Gasteiger partial charge in [0.2, 0.25) is 0 Å². The summed E-state index contributed by atoms with van der Waals surface area (Å²) >= 11 is 0. The van der Waals surface area contributed by atoms with Gasteiger partial charge in [-0.15, -0.1) is 0 Å². The van der Waals surface area contributed by atoms with Gasteiger partial charge in [-0.3, -0.25) is 0 Å². The maximum atomic E-state index is 14.7. The van der Waals surface area contributed by atoms with E-state index in [0.29, 0.717) is 25.3 Å². The molecule has 2 amide bonds. The number of ether oxygens (including phenoxy) is 1. The number of fused-ring (bicyclic) bond motifs is 1. The van der Waals surface area contributed by atoms with Gasteiger partial charge in [0.15, 0.2) is 0 Å². The highest BCUT2D eigenvalue weighted by atomic mass is 19.1. The molecule has 0 aliphatic carbocycles. The van der Waals surface area contributed by atoms with Crippen LogP contribution in [0.1, 0.15) is 30.7 Å². The lowest BCUT2D eigenvalue weighted by Crippen LogP contribution is -2.45. The second-order valence-electron chi connectivity index (χ2n) is 8.58. The van der Waals surface area contributed by atoms with Crippen LogP contribution in [0.2, 0.25) is 0 Å². The van der Waals surface area contributed by atoms with Gasteiger partial charge in [0.1, 0.15) is 5.82 Å². The molecule has 2 heterocycles.